The van der Waals surface area contributed by atoms with Crippen molar-refractivity contribution < 1.29 is 4.79 Å². The number of hydrogen-bond donors (Lipinski definition) is 0. The van der Waals surface area contributed by atoms with Gasteiger partial charge in [0.25, 0.3) is 0 Å². The highest BCUT2D eigenvalue weighted by molar-refractivity contribution is 7.99. The molecule has 126 valence electrons. The van der Waals surface area contributed by atoms with E-state index in [0.29, 0.717) is 11.8 Å². The highest BCUT2D eigenvalue weighted by Crippen LogP contribution is 2.37. The summed E-state index contributed by atoms with van der Waals surface area (Å²) in [5.41, 5.74) is 0. The standard InChI is InChI=1S/C17H21N5OS/c23-16(13-24-17-19-7-8-22(17)14-4-5-14)21-11-9-20(10-12-21)15-3-1-2-6-18-15/h1-3,6-8,14H,4-5,9-13H2. The Labute approximate surface area is 145 Å². The van der Waals surface area contributed by atoms with Crippen molar-refractivity contribution in [3.63, 3.8) is 0 Å². The molecule has 2 fully saturated rings. The van der Waals surface area contributed by atoms with Gasteiger partial charge in [0, 0.05) is 50.8 Å². The van der Waals surface area contributed by atoms with Crippen LogP contribution in [0, 0.1) is 0 Å². The molecule has 4 rings (SSSR count). The molecule has 3 heterocycles. The van der Waals surface area contributed by atoms with Crippen molar-refractivity contribution in [2.45, 2.75) is 24.0 Å². The number of carbonyl (C=O) groups excluding carboxylic acids is 1. The number of aromatic nitrogens is 3. The second-order valence-corrected chi connectivity index (χ2v) is 7.14. The van der Waals surface area contributed by atoms with Crippen molar-refractivity contribution in [3.8, 4) is 0 Å². The van der Waals surface area contributed by atoms with Gasteiger partial charge in [-0.3, -0.25) is 4.79 Å². The monoisotopic (exact) mass is 343 g/mol. The van der Waals surface area contributed by atoms with Gasteiger partial charge >= 0.3 is 0 Å². The Balaban J connectivity index is 1.28. The van der Waals surface area contributed by atoms with Gasteiger partial charge in [-0.2, -0.15) is 0 Å². The molecule has 0 aromatic carbocycles. The summed E-state index contributed by atoms with van der Waals surface area (Å²) < 4.78 is 2.21. The SMILES string of the molecule is O=C(CSc1nccn1C1CC1)N1CCN(c2ccccn2)CC1. The van der Waals surface area contributed by atoms with Crippen LogP contribution in [-0.2, 0) is 4.79 Å². The van der Waals surface area contributed by atoms with Gasteiger partial charge in [-0.1, -0.05) is 17.8 Å². The van der Waals surface area contributed by atoms with E-state index in [2.05, 4.69) is 19.4 Å². The van der Waals surface area contributed by atoms with Crippen LogP contribution in [0.2, 0.25) is 0 Å². The van der Waals surface area contributed by atoms with Gasteiger partial charge < -0.3 is 14.4 Å². The summed E-state index contributed by atoms with van der Waals surface area (Å²) in [7, 11) is 0. The fraction of sp³-hybridized carbons (Fsp3) is 0.471. The molecule has 0 unspecified atom stereocenters. The maximum Gasteiger partial charge on any atom is 0.233 e. The number of amides is 1. The maximum absolute atomic E-state index is 12.5. The Hall–Kier alpha value is -2.02. The van der Waals surface area contributed by atoms with Gasteiger partial charge in [0.05, 0.1) is 5.75 Å². The number of thioether (sulfide) groups is 1. The van der Waals surface area contributed by atoms with Crippen LogP contribution in [0.5, 0.6) is 0 Å². The number of piperazine rings is 1. The van der Waals surface area contributed by atoms with Gasteiger partial charge in [0.1, 0.15) is 5.82 Å². The van der Waals surface area contributed by atoms with Gasteiger partial charge in [0.15, 0.2) is 5.16 Å². The summed E-state index contributed by atoms with van der Waals surface area (Å²) in [5.74, 6) is 1.66. The lowest BCUT2D eigenvalue weighted by Gasteiger charge is -2.35. The fourth-order valence-corrected chi connectivity index (χ4v) is 3.91. The van der Waals surface area contributed by atoms with Gasteiger partial charge in [-0.05, 0) is 25.0 Å². The Bertz CT molecular complexity index is 692. The van der Waals surface area contributed by atoms with E-state index in [1.54, 1.807) is 11.8 Å². The minimum atomic E-state index is 0.200. The molecule has 6 nitrogen and oxygen atoms in total. The van der Waals surface area contributed by atoms with Crippen LogP contribution in [0.1, 0.15) is 18.9 Å². The van der Waals surface area contributed by atoms with Crippen LogP contribution < -0.4 is 4.90 Å². The second-order valence-electron chi connectivity index (χ2n) is 6.19. The van der Waals surface area contributed by atoms with Crippen LogP contribution in [0.3, 0.4) is 0 Å². The molecule has 1 aliphatic carbocycles. The summed E-state index contributed by atoms with van der Waals surface area (Å²) in [5, 5.41) is 0.970. The van der Waals surface area contributed by atoms with Crippen molar-refractivity contribution in [3.05, 3.63) is 36.8 Å². The summed E-state index contributed by atoms with van der Waals surface area (Å²) in [6.07, 6.45) is 8.12. The number of nitrogens with zero attached hydrogens (tertiary/aromatic N) is 5. The number of anilines is 1. The average molecular weight is 343 g/mol. The minimum absolute atomic E-state index is 0.200. The first-order valence-electron chi connectivity index (χ1n) is 8.40. The lowest BCUT2D eigenvalue weighted by Crippen LogP contribution is -2.49. The Morgan fingerprint density at radius 2 is 1.96 bits per heavy atom. The first kappa shape index (κ1) is 15.5. The Kier molecular flexibility index (Phi) is 4.42. The molecule has 0 radical (unpaired) electrons. The van der Waals surface area contributed by atoms with E-state index in [1.165, 1.54) is 12.8 Å². The maximum atomic E-state index is 12.5. The molecular formula is C17H21N5OS. The molecular weight excluding hydrogens is 322 g/mol. The lowest BCUT2D eigenvalue weighted by atomic mass is 10.3. The smallest absolute Gasteiger partial charge is 0.233 e. The highest BCUT2D eigenvalue weighted by Gasteiger charge is 2.26. The first-order chi connectivity index (χ1) is 11.8. The third kappa shape index (κ3) is 3.40. The van der Waals surface area contributed by atoms with Crippen LogP contribution >= 0.6 is 11.8 Å². The van der Waals surface area contributed by atoms with E-state index >= 15 is 0 Å². The topological polar surface area (TPSA) is 54.3 Å². The molecule has 2 aliphatic rings. The molecule has 0 spiro atoms. The molecule has 0 atom stereocenters. The van der Waals surface area contributed by atoms with E-state index in [-0.39, 0.29) is 5.91 Å². The largest absolute Gasteiger partial charge is 0.353 e. The van der Waals surface area contributed by atoms with E-state index < -0.39 is 0 Å². The molecule has 1 aliphatic heterocycles. The molecule has 0 bridgehead atoms. The van der Waals surface area contributed by atoms with Gasteiger partial charge in [-0.15, -0.1) is 0 Å². The number of rotatable bonds is 5. The van der Waals surface area contributed by atoms with E-state index in [1.807, 2.05) is 41.7 Å². The molecule has 2 aromatic heterocycles. The molecule has 1 amide bonds. The highest BCUT2D eigenvalue weighted by atomic mass is 32.2. The summed E-state index contributed by atoms with van der Waals surface area (Å²) in [6, 6.07) is 6.54. The van der Waals surface area contributed by atoms with Crippen molar-refractivity contribution in [2.24, 2.45) is 0 Å². The predicted molar refractivity (Wildman–Crippen MR) is 94.3 cm³/mol. The molecule has 7 heteroatoms. The second kappa shape index (κ2) is 6.84. The fourth-order valence-electron chi connectivity index (χ4n) is 2.99. The van der Waals surface area contributed by atoms with E-state index in [4.69, 9.17) is 0 Å². The lowest BCUT2D eigenvalue weighted by molar-refractivity contribution is -0.128. The molecule has 2 aromatic rings. The average Bonchev–Trinajstić information content (AvgIpc) is 3.38. The third-order valence-electron chi connectivity index (χ3n) is 4.50. The summed E-state index contributed by atoms with van der Waals surface area (Å²) in [6.45, 7) is 3.19. The van der Waals surface area contributed by atoms with Crippen molar-refractivity contribution in [2.75, 3.05) is 36.8 Å². The van der Waals surface area contributed by atoms with Crippen LogP contribution in [0.15, 0.2) is 41.9 Å². The van der Waals surface area contributed by atoms with Gasteiger partial charge in [0.2, 0.25) is 5.91 Å². The molecule has 1 saturated carbocycles. The Morgan fingerprint density at radius 3 is 2.67 bits per heavy atom. The van der Waals surface area contributed by atoms with Crippen LogP contribution in [0.4, 0.5) is 5.82 Å². The van der Waals surface area contributed by atoms with Gasteiger partial charge in [-0.25, -0.2) is 9.97 Å². The molecule has 1 saturated heterocycles. The first-order valence-corrected chi connectivity index (χ1v) is 9.39. The number of carbonyl (C=O) groups is 1. The third-order valence-corrected chi connectivity index (χ3v) is 5.47. The molecule has 0 N–H and O–H groups in total. The van der Waals surface area contributed by atoms with E-state index in [0.717, 1.165) is 37.2 Å². The quantitative estimate of drug-likeness (QED) is 0.778. The van der Waals surface area contributed by atoms with Crippen LogP contribution in [-0.4, -0.2) is 57.3 Å². The normalized spacial score (nSPS) is 18.0. The Morgan fingerprint density at radius 1 is 1.12 bits per heavy atom. The van der Waals surface area contributed by atoms with E-state index in [9.17, 15) is 4.79 Å². The number of pyridine rings is 1. The zero-order chi connectivity index (χ0) is 16.4. The zero-order valence-corrected chi connectivity index (χ0v) is 14.4. The van der Waals surface area contributed by atoms with Crippen molar-refractivity contribution in [1.82, 2.24) is 19.4 Å². The van der Waals surface area contributed by atoms with Crippen LogP contribution in [0.25, 0.3) is 0 Å². The zero-order valence-electron chi connectivity index (χ0n) is 13.5. The number of hydrogen-bond acceptors (Lipinski definition) is 5. The minimum Gasteiger partial charge on any atom is -0.353 e. The summed E-state index contributed by atoms with van der Waals surface area (Å²) >= 11 is 1.56. The van der Waals surface area contributed by atoms with Crippen molar-refractivity contribution >= 4 is 23.5 Å². The summed E-state index contributed by atoms with van der Waals surface area (Å²) in [4.78, 5) is 25.4. The molecule has 24 heavy (non-hydrogen) atoms. The predicted octanol–water partition coefficient (Wildman–Crippen LogP) is 2.05. The number of imidazole rings is 1. The van der Waals surface area contributed by atoms with Crippen molar-refractivity contribution in [1.29, 1.82) is 0 Å².